The summed E-state index contributed by atoms with van der Waals surface area (Å²) in [5.74, 6) is 1.37. The van der Waals surface area contributed by atoms with Crippen LogP contribution in [0.1, 0.15) is 30.7 Å². The van der Waals surface area contributed by atoms with Crippen molar-refractivity contribution in [2.24, 2.45) is 0 Å². The van der Waals surface area contributed by atoms with Gasteiger partial charge in [-0.1, -0.05) is 55.5 Å². The Hall–Kier alpha value is -2.87. The molecule has 1 saturated heterocycles. The lowest BCUT2D eigenvalue weighted by Crippen LogP contribution is -2.49. The first-order chi connectivity index (χ1) is 17.1. The summed E-state index contributed by atoms with van der Waals surface area (Å²) in [6, 6.07) is 16.9. The minimum Gasteiger partial charge on any atom is -0.389 e. The number of anilines is 1. The van der Waals surface area contributed by atoms with Gasteiger partial charge >= 0.3 is 0 Å². The zero-order valence-electron chi connectivity index (χ0n) is 20.7. The van der Waals surface area contributed by atoms with Crippen LogP contribution in [0.15, 0.2) is 54.6 Å². The highest BCUT2D eigenvalue weighted by Gasteiger charge is 2.25. The van der Waals surface area contributed by atoms with Gasteiger partial charge in [0.25, 0.3) is 0 Å². The Morgan fingerprint density at radius 2 is 1.69 bits per heavy atom. The number of piperazine rings is 1. The zero-order chi connectivity index (χ0) is 24.6. The Balaban J connectivity index is 1.63. The molecule has 0 bridgehead atoms. The molecule has 6 nitrogen and oxygen atoms in total. The number of hydrogen-bond acceptors (Lipinski definition) is 6. The van der Waals surface area contributed by atoms with E-state index in [0.717, 1.165) is 55.2 Å². The fourth-order valence-electron chi connectivity index (χ4n) is 4.55. The minimum absolute atomic E-state index is 0.208. The molecular formula is C28H35FN4O2. The SMILES string of the molecule is CCOC[C@@H](O)CN1CCN(c2nc(-c3ccccc3)nc(CC)c2Cc2ccccc2F)CC1. The third-order valence-electron chi connectivity index (χ3n) is 6.42. The van der Waals surface area contributed by atoms with E-state index in [9.17, 15) is 9.50 Å². The van der Waals surface area contributed by atoms with Crippen molar-refractivity contribution < 1.29 is 14.2 Å². The number of ether oxygens (including phenoxy) is 1. The standard InChI is InChI=1S/C28H35FN4O2/c1-3-26-24(18-22-12-8-9-13-25(22)29)28(31-27(30-26)21-10-6-5-7-11-21)33-16-14-32(15-17-33)19-23(34)20-35-4-2/h5-13,23,34H,3-4,14-20H2,1-2H3/t23-/m0/s1. The molecule has 1 atom stereocenters. The van der Waals surface area contributed by atoms with E-state index in [4.69, 9.17) is 14.7 Å². The van der Waals surface area contributed by atoms with Crippen molar-refractivity contribution in [3.63, 3.8) is 0 Å². The second-order valence-electron chi connectivity index (χ2n) is 8.88. The quantitative estimate of drug-likeness (QED) is 0.476. The van der Waals surface area contributed by atoms with Gasteiger partial charge in [0.2, 0.25) is 0 Å². The third-order valence-corrected chi connectivity index (χ3v) is 6.42. The third kappa shape index (κ3) is 6.42. The molecule has 35 heavy (non-hydrogen) atoms. The summed E-state index contributed by atoms with van der Waals surface area (Å²) < 4.78 is 20.0. The topological polar surface area (TPSA) is 61.7 Å². The van der Waals surface area contributed by atoms with Crippen molar-refractivity contribution in [3.05, 3.63) is 77.2 Å². The normalized spacial score (nSPS) is 15.4. The Morgan fingerprint density at radius 1 is 0.971 bits per heavy atom. The van der Waals surface area contributed by atoms with Gasteiger partial charge in [-0.15, -0.1) is 0 Å². The molecule has 3 aromatic rings. The van der Waals surface area contributed by atoms with Gasteiger partial charge in [-0.3, -0.25) is 4.90 Å². The number of hydrogen-bond donors (Lipinski definition) is 1. The number of benzene rings is 2. The van der Waals surface area contributed by atoms with Gasteiger partial charge in [-0.05, 0) is 25.0 Å². The molecule has 1 fully saturated rings. The summed E-state index contributed by atoms with van der Waals surface area (Å²) in [5, 5.41) is 10.2. The molecule has 0 spiro atoms. The monoisotopic (exact) mass is 478 g/mol. The van der Waals surface area contributed by atoms with Crippen LogP contribution in [-0.4, -0.2) is 72.0 Å². The van der Waals surface area contributed by atoms with Crippen LogP contribution in [0, 0.1) is 5.82 Å². The van der Waals surface area contributed by atoms with Crippen LogP contribution in [0.2, 0.25) is 0 Å². The number of halogens is 1. The number of aromatic nitrogens is 2. The van der Waals surface area contributed by atoms with E-state index in [1.807, 2.05) is 49.4 Å². The van der Waals surface area contributed by atoms with E-state index < -0.39 is 6.10 Å². The molecule has 0 unspecified atom stereocenters. The minimum atomic E-state index is -0.492. The highest BCUT2D eigenvalue weighted by molar-refractivity contribution is 5.61. The Kier molecular flexibility index (Phi) is 8.79. The van der Waals surface area contributed by atoms with Crippen molar-refractivity contribution in [2.45, 2.75) is 32.8 Å². The van der Waals surface area contributed by atoms with Crippen molar-refractivity contribution in [2.75, 3.05) is 50.8 Å². The molecule has 7 heteroatoms. The molecule has 0 saturated carbocycles. The first-order valence-corrected chi connectivity index (χ1v) is 12.5. The van der Waals surface area contributed by atoms with E-state index in [1.165, 1.54) is 6.07 Å². The number of rotatable bonds is 10. The van der Waals surface area contributed by atoms with E-state index in [0.29, 0.717) is 37.6 Å². The van der Waals surface area contributed by atoms with Crippen LogP contribution in [0.5, 0.6) is 0 Å². The highest BCUT2D eigenvalue weighted by Crippen LogP contribution is 2.29. The van der Waals surface area contributed by atoms with Crippen LogP contribution < -0.4 is 4.90 Å². The summed E-state index contributed by atoms with van der Waals surface area (Å²) in [7, 11) is 0. The molecule has 2 aromatic carbocycles. The fraction of sp³-hybridized carbons (Fsp3) is 0.429. The highest BCUT2D eigenvalue weighted by atomic mass is 19.1. The maximum absolute atomic E-state index is 14.6. The van der Waals surface area contributed by atoms with Crippen LogP contribution >= 0.6 is 0 Å². The average molecular weight is 479 g/mol. The van der Waals surface area contributed by atoms with E-state index >= 15 is 0 Å². The van der Waals surface area contributed by atoms with Gasteiger partial charge in [0.1, 0.15) is 11.6 Å². The maximum Gasteiger partial charge on any atom is 0.161 e. The lowest BCUT2D eigenvalue weighted by molar-refractivity contribution is 0.0202. The van der Waals surface area contributed by atoms with Crippen LogP contribution in [-0.2, 0) is 17.6 Å². The number of aryl methyl sites for hydroxylation is 1. The zero-order valence-corrected chi connectivity index (χ0v) is 20.7. The molecule has 4 rings (SSSR count). The Morgan fingerprint density at radius 3 is 2.37 bits per heavy atom. The number of nitrogens with zero attached hydrogens (tertiary/aromatic N) is 4. The van der Waals surface area contributed by atoms with Crippen LogP contribution in [0.3, 0.4) is 0 Å². The number of aliphatic hydroxyl groups excluding tert-OH is 1. The smallest absolute Gasteiger partial charge is 0.161 e. The second kappa shape index (κ2) is 12.2. The first-order valence-electron chi connectivity index (χ1n) is 12.5. The van der Waals surface area contributed by atoms with Gasteiger partial charge in [0, 0.05) is 62.6 Å². The first kappa shape index (κ1) is 25.2. The van der Waals surface area contributed by atoms with Crippen LogP contribution in [0.25, 0.3) is 11.4 Å². The number of β-amino-alcohol motifs (C(OH)–C–C–N with tert-alkyl or cyclic N) is 1. The molecule has 1 aliphatic rings. The fourth-order valence-corrected chi connectivity index (χ4v) is 4.55. The molecule has 1 aliphatic heterocycles. The van der Waals surface area contributed by atoms with Gasteiger partial charge < -0.3 is 14.7 Å². The van der Waals surface area contributed by atoms with Gasteiger partial charge in [0.05, 0.1) is 12.7 Å². The molecule has 0 radical (unpaired) electrons. The van der Waals surface area contributed by atoms with Crippen molar-refractivity contribution in [3.8, 4) is 11.4 Å². The van der Waals surface area contributed by atoms with E-state index in [1.54, 1.807) is 6.07 Å². The molecule has 0 aliphatic carbocycles. The number of aliphatic hydroxyl groups is 1. The molecular weight excluding hydrogens is 443 g/mol. The molecule has 186 valence electrons. The lowest BCUT2D eigenvalue weighted by Gasteiger charge is -2.37. The summed E-state index contributed by atoms with van der Waals surface area (Å²) in [6.45, 7) is 8.75. The predicted molar refractivity (Wildman–Crippen MR) is 137 cm³/mol. The van der Waals surface area contributed by atoms with Gasteiger partial charge in [-0.2, -0.15) is 0 Å². The second-order valence-corrected chi connectivity index (χ2v) is 8.88. The Labute approximate surface area is 207 Å². The molecule has 1 N–H and O–H groups in total. The van der Waals surface area contributed by atoms with Crippen molar-refractivity contribution >= 4 is 5.82 Å². The van der Waals surface area contributed by atoms with Gasteiger partial charge in [0.15, 0.2) is 5.82 Å². The van der Waals surface area contributed by atoms with Crippen LogP contribution in [0.4, 0.5) is 10.2 Å². The largest absolute Gasteiger partial charge is 0.389 e. The predicted octanol–water partition coefficient (Wildman–Crippen LogP) is 3.96. The Bertz CT molecular complexity index is 1090. The summed E-state index contributed by atoms with van der Waals surface area (Å²) in [5.41, 5.74) is 3.56. The molecule has 0 amide bonds. The van der Waals surface area contributed by atoms with Crippen molar-refractivity contribution in [1.29, 1.82) is 0 Å². The van der Waals surface area contributed by atoms with Crippen molar-refractivity contribution in [1.82, 2.24) is 14.9 Å². The van der Waals surface area contributed by atoms with E-state index in [-0.39, 0.29) is 5.82 Å². The molecule has 2 heterocycles. The van der Waals surface area contributed by atoms with Gasteiger partial charge in [-0.25, -0.2) is 14.4 Å². The maximum atomic E-state index is 14.6. The summed E-state index contributed by atoms with van der Waals surface area (Å²) >= 11 is 0. The molecule has 1 aromatic heterocycles. The van der Waals surface area contributed by atoms with E-state index in [2.05, 4.69) is 16.7 Å². The summed E-state index contributed by atoms with van der Waals surface area (Å²) in [4.78, 5) is 14.5. The summed E-state index contributed by atoms with van der Waals surface area (Å²) in [6.07, 6.45) is 0.699. The average Bonchev–Trinajstić information content (AvgIpc) is 2.89. The lowest BCUT2D eigenvalue weighted by atomic mass is 10.0.